The van der Waals surface area contributed by atoms with E-state index in [1.807, 2.05) is 13.8 Å². The number of nitrogens with zero attached hydrogens (tertiary/aromatic N) is 2. The number of fused-ring (bicyclic) bond motifs is 1. The number of hydrogen-bond acceptors (Lipinski definition) is 6. The normalized spacial score (nSPS) is 13.0. The van der Waals surface area contributed by atoms with Crippen LogP contribution in [0.1, 0.15) is 26.5 Å². The van der Waals surface area contributed by atoms with Gasteiger partial charge in [0.05, 0.1) is 22.6 Å². The maximum Gasteiger partial charge on any atom is 0.402 e. The van der Waals surface area contributed by atoms with Gasteiger partial charge in [0.15, 0.2) is 4.90 Å². The van der Waals surface area contributed by atoms with E-state index < -0.39 is 22.3 Å². The number of nitrogen functional groups attached to an aromatic ring is 1. The van der Waals surface area contributed by atoms with Crippen molar-refractivity contribution >= 4 is 60.0 Å². The Labute approximate surface area is 175 Å². The Morgan fingerprint density at radius 3 is 2.48 bits per heavy atom. The molecule has 0 fully saturated rings. The predicted octanol–water partition coefficient (Wildman–Crippen LogP) is 1.03. The molecule has 2 heterocycles. The van der Waals surface area contributed by atoms with Crippen LogP contribution in [0.3, 0.4) is 0 Å². The fraction of sp³-hybridized carbons (Fsp3) is 0.235. The van der Waals surface area contributed by atoms with E-state index in [-0.39, 0.29) is 10.8 Å². The third-order valence-corrected chi connectivity index (χ3v) is 6.89. The van der Waals surface area contributed by atoms with E-state index in [2.05, 4.69) is 15.5 Å². The van der Waals surface area contributed by atoms with E-state index in [9.17, 15) is 18.1 Å². The molecule has 0 saturated carbocycles. The predicted molar refractivity (Wildman–Crippen MR) is 116 cm³/mol. The first-order valence-corrected chi connectivity index (χ1v) is 10.7. The van der Waals surface area contributed by atoms with Crippen LogP contribution >= 0.6 is 11.3 Å². The summed E-state index contributed by atoms with van der Waals surface area (Å²) in [5.41, 5.74) is 8.88. The molecule has 3 rings (SSSR count). The van der Waals surface area contributed by atoms with Crippen LogP contribution in [0, 0.1) is 13.8 Å². The highest BCUT2D eigenvalue weighted by molar-refractivity contribution is 7.91. The molecule has 12 heteroatoms. The third kappa shape index (κ3) is 4.10. The van der Waals surface area contributed by atoms with E-state index in [4.69, 9.17) is 5.73 Å². The number of amides is 1. The minimum atomic E-state index is -2.94. The van der Waals surface area contributed by atoms with E-state index in [1.165, 1.54) is 23.5 Å². The highest BCUT2D eigenvalue weighted by Crippen LogP contribution is 2.35. The summed E-state index contributed by atoms with van der Waals surface area (Å²) in [7, 11) is 3.56. The molecule has 3 N–H and O–H groups in total. The molecule has 0 aliphatic rings. The van der Waals surface area contributed by atoms with Crippen molar-refractivity contribution in [3.8, 4) is 0 Å². The molecule has 0 aliphatic carbocycles. The molecule has 0 aliphatic heterocycles. The van der Waals surface area contributed by atoms with Gasteiger partial charge in [-0.15, -0.1) is 16.4 Å². The average Bonchev–Trinajstić information content (AvgIpc) is 3.01. The smallest absolute Gasteiger partial charge is 0.402 e. The van der Waals surface area contributed by atoms with Crippen LogP contribution in [0.2, 0.25) is 0 Å². The molecule has 1 amide bonds. The topological polar surface area (TPSA) is 104 Å². The van der Waals surface area contributed by atoms with Crippen LogP contribution in [-0.2, 0) is 16.5 Å². The van der Waals surface area contributed by atoms with Crippen molar-refractivity contribution in [3.05, 3.63) is 46.0 Å². The van der Waals surface area contributed by atoms with E-state index in [0.717, 1.165) is 16.6 Å². The number of carbonyl (C=O) groups is 1. The number of rotatable bonds is 5. The third-order valence-electron chi connectivity index (χ3n) is 4.74. The summed E-state index contributed by atoms with van der Waals surface area (Å²) in [6, 6.07) is 5.90. The lowest BCUT2D eigenvalue weighted by Gasteiger charge is -2.27. The number of benzene rings is 1. The zero-order valence-corrected chi connectivity index (χ0v) is 17.9. The standard InChI is InChI=1S/C17H18B2F2N4O2S2/c1-7-8(2)24-25-15-11(7)12(22)13(28-15)14(26)23-17(18,19)9-3-5-10(6-4-9)29(27)16(20)21/h3-6,16H,18-19,22H2,1-2H3,(H,23,26). The molecule has 0 saturated heterocycles. The number of aromatic nitrogens is 2. The van der Waals surface area contributed by atoms with E-state index >= 15 is 0 Å². The summed E-state index contributed by atoms with van der Waals surface area (Å²) in [6.45, 7) is 3.71. The first kappa shape index (κ1) is 21.5. The summed E-state index contributed by atoms with van der Waals surface area (Å²) in [4.78, 5) is 13.9. The Morgan fingerprint density at radius 1 is 1.28 bits per heavy atom. The molecule has 0 radical (unpaired) electrons. The first-order chi connectivity index (χ1) is 13.5. The fourth-order valence-corrected chi connectivity index (χ4v) is 4.54. The van der Waals surface area contributed by atoms with Gasteiger partial charge in [0, 0.05) is 10.7 Å². The Kier molecular flexibility index (Phi) is 5.88. The minimum Gasteiger partial charge on any atom is -0.607 e. The van der Waals surface area contributed by atoms with Gasteiger partial charge in [0.2, 0.25) is 0 Å². The number of nitrogens with two attached hydrogens (primary N) is 1. The highest BCUT2D eigenvalue weighted by atomic mass is 32.2. The molecule has 1 aromatic carbocycles. The lowest BCUT2D eigenvalue weighted by molar-refractivity contribution is 0.0947. The fourth-order valence-electron chi connectivity index (χ4n) is 2.93. The summed E-state index contributed by atoms with van der Waals surface area (Å²) >= 11 is -1.21. The molecule has 0 spiro atoms. The molecular weight excluding hydrogens is 416 g/mol. The van der Waals surface area contributed by atoms with E-state index in [1.54, 1.807) is 27.8 Å². The van der Waals surface area contributed by atoms with Crippen molar-refractivity contribution in [2.45, 2.75) is 29.8 Å². The molecule has 6 nitrogen and oxygen atoms in total. The van der Waals surface area contributed by atoms with Crippen LogP contribution in [0.15, 0.2) is 29.2 Å². The van der Waals surface area contributed by atoms with Crippen molar-refractivity contribution in [2.24, 2.45) is 0 Å². The number of halogens is 2. The van der Waals surface area contributed by atoms with Crippen molar-refractivity contribution < 1.29 is 18.1 Å². The van der Waals surface area contributed by atoms with Crippen molar-refractivity contribution in [3.63, 3.8) is 0 Å². The van der Waals surface area contributed by atoms with Crippen molar-refractivity contribution in [1.29, 1.82) is 0 Å². The van der Waals surface area contributed by atoms with Gasteiger partial charge in [-0.2, -0.15) is 13.9 Å². The van der Waals surface area contributed by atoms with Gasteiger partial charge in [-0.3, -0.25) is 4.79 Å². The molecule has 1 unspecified atom stereocenters. The van der Waals surface area contributed by atoms with Gasteiger partial charge in [-0.25, -0.2) is 0 Å². The maximum atomic E-state index is 12.9. The summed E-state index contributed by atoms with van der Waals surface area (Å²) in [5.74, 6) is -3.31. The summed E-state index contributed by atoms with van der Waals surface area (Å²) in [6.07, 6.45) is 0. The Morgan fingerprint density at radius 2 is 1.90 bits per heavy atom. The summed E-state index contributed by atoms with van der Waals surface area (Å²) in [5, 5.41) is 11.0. The summed E-state index contributed by atoms with van der Waals surface area (Å²) < 4.78 is 36.7. The second kappa shape index (κ2) is 7.92. The number of anilines is 1. The van der Waals surface area contributed by atoms with Crippen LogP contribution in [0.25, 0.3) is 10.2 Å². The average molecular weight is 434 g/mol. The zero-order chi connectivity index (χ0) is 21.5. The Hall–Kier alpha value is -2.17. The number of thiophene rings is 1. The highest BCUT2D eigenvalue weighted by Gasteiger charge is 2.28. The second-order valence-electron chi connectivity index (χ2n) is 7.10. The number of alkyl halides is 2. The monoisotopic (exact) mass is 434 g/mol. The molecule has 3 aromatic rings. The largest absolute Gasteiger partial charge is 0.607 e. The zero-order valence-electron chi connectivity index (χ0n) is 16.2. The molecule has 29 heavy (non-hydrogen) atoms. The second-order valence-corrected chi connectivity index (χ2v) is 9.52. The van der Waals surface area contributed by atoms with Crippen molar-refractivity contribution in [1.82, 2.24) is 15.5 Å². The number of hydrogen-bond donors (Lipinski definition) is 2. The van der Waals surface area contributed by atoms with Crippen LogP contribution in [-0.4, -0.2) is 42.1 Å². The lowest BCUT2D eigenvalue weighted by atomic mass is 9.58. The number of carbonyl (C=O) groups excluding carboxylic acids is 1. The maximum absolute atomic E-state index is 12.9. The SMILES string of the molecule is BC(B)(NC(=O)c1sc2nnc(C)c(C)c2c1N)c1ccc([S+]([O-])C(F)F)cc1. The number of nitrogens with one attached hydrogen (secondary N) is 1. The van der Waals surface area contributed by atoms with Gasteiger partial charge >= 0.3 is 5.76 Å². The number of aryl methyl sites for hydroxylation is 2. The van der Waals surface area contributed by atoms with Gasteiger partial charge < -0.3 is 15.6 Å². The first-order valence-electron chi connectivity index (χ1n) is 8.66. The van der Waals surface area contributed by atoms with Crippen molar-refractivity contribution in [2.75, 3.05) is 5.73 Å². The van der Waals surface area contributed by atoms with Crippen LogP contribution in [0.4, 0.5) is 14.5 Å². The Balaban J connectivity index is 1.87. The lowest BCUT2D eigenvalue weighted by Crippen LogP contribution is -2.47. The molecular formula is C17H18B2F2N4O2S2. The minimum absolute atomic E-state index is 0.0315. The Bertz CT molecular complexity index is 1080. The molecule has 0 bridgehead atoms. The van der Waals surface area contributed by atoms with Gasteiger partial charge in [0.1, 0.15) is 25.4 Å². The van der Waals surface area contributed by atoms with Gasteiger partial charge in [0.25, 0.3) is 5.91 Å². The van der Waals surface area contributed by atoms with Crippen LogP contribution in [0.5, 0.6) is 0 Å². The van der Waals surface area contributed by atoms with Gasteiger partial charge in [-0.05, 0) is 37.1 Å². The quantitative estimate of drug-likeness (QED) is 0.461. The van der Waals surface area contributed by atoms with Gasteiger partial charge in [-0.1, -0.05) is 12.1 Å². The molecule has 1 atom stereocenters. The van der Waals surface area contributed by atoms with E-state index in [0.29, 0.717) is 21.0 Å². The molecule has 2 aromatic heterocycles. The van der Waals surface area contributed by atoms with Crippen LogP contribution < -0.4 is 11.1 Å². The molecule has 150 valence electrons.